The first kappa shape index (κ1) is 10.8. The van der Waals surface area contributed by atoms with E-state index in [1.165, 1.54) is 16.7 Å². The Morgan fingerprint density at radius 3 is 3.00 bits per heavy atom. The Morgan fingerprint density at radius 2 is 2.24 bits per heavy atom. The van der Waals surface area contributed by atoms with Crippen LogP contribution >= 0.6 is 0 Å². The standard InChI is InChI=1S/C14H17NO2/c1-8(2)9-3-4-10-6-12-14(11(10)5-9)15-13(16)7-17-12/h3-5,8,12,14H,6-7H2,1-2H3,(H,15,16)/t12-,14+/m1/s1. The molecule has 1 fully saturated rings. The van der Waals surface area contributed by atoms with Crippen molar-refractivity contribution in [3.8, 4) is 0 Å². The van der Waals surface area contributed by atoms with Gasteiger partial charge in [-0.2, -0.15) is 0 Å². The van der Waals surface area contributed by atoms with E-state index in [4.69, 9.17) is 4.74 Å². The predicted octanol–water partition coefficient (Wildman–Crippen LogP) is 1.92. The van der Waals surface area contributed by atoms with Gasteiger partial charge < -0.3 is 10.1 Å². The Labute approximate surface area is 101 Å². The molecule has 2 aliphatic rings. The highest BCUT2D eigenvalue weighted by molar-refractivity contribution is 5.79. The maximum absolute atomic E-state index is 11.4. The number of amides is 1. The third-order valence-electron chi connectivity index (χ3n) is 3.71. The number of hydrogen-bond acceptors (Lipinski definition) is 2. The zero-order valence-corrected chi connectivity index (χ0v) is 10.2. The second-order valence-electron chi connectivity index (χ2n) is 5.21. The molecule has 90 valence electrons. The van der Waals surface area contributed by atoms with E-state index in [9.17, 15) is 4.79 Å². The minimum atomic E-state index is -0.00551. The number of fused-ring (bicyclic) bond motifs is 3. The second-order valence-corrected chi connectivity index (χ2v) is 5.21. The SMILES string of the molecule is CC(C)c1ccc2c(c1)[C@@H]1NC(=O)CO[C@@H]1C2. The van der Waals surface area contributed by atoms with E-state index in [0.29, 0.717) is 5.92 Å². The quantitative estimate of drug-likeness (QED) is 0.802. The number of ether oxygens (including phenoxy) is 1. The monoisotopic (exact) mass is 231 g/mol. The number of rotatable bonds is 1. The summed E-state index contributed by atoms with van der Waals surface area (Å²) < 4.78 is 5.58. The molecule has 1 aliphatic heterocycles. The number of carbonyl (C=O) groups excluding carboxylic acids is 1. The molecule has 1 aromatic rings. The molecular weight excluding hydrogens is 214 g/mol. The molecule has 0 bridgehead atoms. The summed E-state index contributed by atoms with van der Waals surface area (Å²) in [5.74, 6) is 0.508. The van der Waals surface area contributed by atoms with Gasteiger partial charge in [0.2, 0.25) is 5.91 Å². The third-order valence-corrected chi connectivity index (χ3v) is 3.71. The van der Waals surface area contributed by atoms with Crippen LogP contribution in [0.3, 0.4) is 0 Å². The molecule has 1 saturated heterocycles. The summed E-state index contributed by atoms with van der Waals surface area (Å²) in [4.78, 5) is 11.4. The van der Waals surface area contributed by atoms with Crippen LogP contribution in [0.1, 0.15) is 42.5 Å². The summed E-state index contributed by atoms with van der Waals surface area (Å²) in [6, 6.07) is 6.64. The van der Waals surface area contributed by atoms with Gasteiger partial charge in [-0.1, -0.05) is 32.0 Å². The fourth-order valence-corrected chi connectivity index (χ4v) is 2.71. The van der Waals surface area contributed by atoms with Crippen molar-refractivity contribution >= 4 is 5.91 Å². The van der Waals surface area contributed by atoms with Gasteiger partial charge in [0.15, 0.2) is 0 Å². The Kier molecular flexibility index (Phi) is 2.44. The molecule has 1 N–H and O–H groups in total. The Balaban J connectivity index is 1.98. The van der Waals surface area contributed by atoms with Crippen molar-refractivity contribution in [1.29, 1.82) is 0 Å². The van der Waals surface area contributed by atoms with E-state index in [1.807, 2.05) is 0 Å². The normalized spacial score (nSPS) is 26.6. The minimum Gasteiger partial charge on any atom is -0.366 e. The fraction of sp³-hybridized carbons (Fsp3) is 0.500. The van der Waals surface area contributed by atoms with Gasteiger partial charge in [-0.25, -0.2) is 0 Å². The molecule has 0 radical (unpaired) electrons. The first-order valence-corrected chi connectivity index (χ1v) is 6.19. The van der Waals surface area contributed by atoms with Crippen LogP contribution < -0.4 is 5.32 Å². The van der Waals surface area contributed by atoms with E-state index in [1.54, 1.807) is 0 Å². The summed E-state index contributed by atoms with van der Waals surface area (Å²) >= 11 is 0. The van der Waals surface area contributed by atoms with Crippen LogP contribution in [0.25, 0.3) is 0 Å². The number of nitrogens with one attached hydrogen (secondary N) is 1. The smallest absolute Gasteiger partial charge is 0.246 e. The molecule has 3 nitrogen and oxygen atoms in total. The van der Waals surface area contributed by atoms with Crippen LogP contribution in [0.15, 0.2) is 18.2 Å². The Morgan fingerprint density at radius 1 is 1.41 bits per heavy atom. The van der Waals surface area contributed by atoms with Gasteiger partial charge in [0, 0.05) is 6.42 Å². The minimum absolute atomic E-state index is 0.00551. The van der Waals surface area contributed by atoms with E-state index in [2.05, 4.69) is 37.4 Å². The van der Waals surface area contributed by atoms with Gasteiger partial charge in [0.05, 0.1) is 12.1 Å². The third kappa shape index (κ3) is 1.75. The molecule has 3 rings (SSSR count). The zero-order valence-electron chi connectivity index (χ0n) is 10.2. The molecule has 1 heterocycles. The molecule has 1 amide bonds. The number of morpholine rings is 1. The average molecular weight is 231 g/mol. The molecule has 17 heavy (non-hydrogen) atoms. The molecular formula is C14H17NO2. The average Bonchev–Trinajstić information content (AvgIpc) is 2.66. The molecule has 1 aliphatic carbocycles. The van der Waals surface area contributed by atoms with Gasteiger partial charge in [-0.15, -0.1) is 0 Å². The summed E-state index contributed by atoms with van der Waals surface area (Å²) in [6.45, 7) is 4.57. The predicted molar refractivity (Wildman–Crippen MR) is 64.9 cm³/mol. The van der Waals surface area contributed by atoms with Gasteiger partial charge in [-0.3, -0.25) is 4.79 Å². The highest BCUT2D eigenvalue weighted by Gasteiger charge is 2.37. The van der Waals surface area contributed by atoms with E-state index < -0.39 is 0 Å². The van der Waals surface area contributed by atoms with Crippen molar-refractivity contribution in [3.05, 3.63) is 34.9 Å². The number of carbonyl (C=O) groups is 1. The van der Waals surface area contributed by atoms with Crippen LogP contribution in [-0.4, -0.2) is 18.6 Å². The van der Waals surface area contributed by atoms with Gasteiger partial charge in [0.25, 0.3) is 0 Å². The highest BCUT2D eigenvalue weighted by Crippen LogP contribution is 2.36. The van der Waals surface area contributed by atoms with Gasteiger partial charge in [0.1, 0.15) is 6.61 Å². The lowest BCUT2D eigenvalue weighted by Crippen LogP contribution is -2.43. The summed E-state index contributed by atoms with van der Waals surface area (Å²) in [5, 5.41) is 3.04. The lowest BCUT2D eigenvalue weighted by atomic mass is 9.97. The van der Waals surface area contributed by atoms with Gasteiger partial charge >= 0.3 is 0 Å². The largest absolute Gasteiger partial charge is 0.366 e. The first-order valence-electron chi connectivity index (χ1n) is 6.19. The van der Waals surface area contributed by atoms with Crippen LogP contribution in [0.2, 0.25) is 0 Å². The van der Waals surface area contributed by atoms with Gasteiger partial charge in [-0.05, 0) is 22.6 Å². The van der Waals surface area contributed by atoms with Crippen molar-refractivity contribution in [1.82, 2.24) is 5.32 Å². The lowest BCUT2D eigenvalue weighted by Gasteiger charge is -2.27. The molecule has 0 saturated carbocycles. The molecule has 2 atom stereocenters. The van der Waals surface area contributed by atoms with E-state index in [0.717, 1.165) is 6.42 Å². The molecule has 1 aromatic carbocycles. The Hall–Kier alpha value is -1.35. The van der Waals surface area contributed by atoms with Crippen LogP contribution in [0.5, 0.6) is 0 Å². The number of benzene rings is 1. The molecule has 0 unspecified atom stereocenters. The van der Waals surface area contributed by atoms with E-state index >= 15 is 0 Å². The summed E-state index contributed by atoms with van der Waals surface area (Å²) in [5.41, 5.74) is 3.88. The molecule has 0 aromatic heterocycles. The molecule has 0 spiro atoms. The maximum atomic E-state index is 11.4. The van der Waals surface area contributed by atoms with Crippen molar-refractivity contribution in [2.75, 3.05) is 6.61 Å². The van der Waals surface area contributed by atoms with Crippen LogP contribution in [0, 0.1) is 0 Å². The molecule has 3 heteroatoms. The first-order chi connectivity index (χ1) is 8.15. The van der Waals surface area contributed by atoms with Crippen molar-refractivity contribution in [2.45, 2.75) is 38.3 Å². The second kappa shape index (κ2) is 3.84. The summed E-state index contributed by atoms with van der Waals surface area (Å²) in [7, 11) is 0. The van der Waals surface area contributed by atoms with Crippen molar-refractivity contribution in [3.63, 3.8) is 0 Å². The maximum Gasteiger partial charge on any atom is 0.246 e. The topological polar surface area (TPSA) is 38.3 Å². The van der Waals surface area contributed by atoms with Crippen molar-refractivity contribution < 1.29 is 9.53 Å². The number of hydrogen-bond donors (Lipinski definition) is 1. The van der Waals surface area contributed by atoms with Crippen molar-refractivity contribution in [2.24, 2.45) is 0 Å². The summed E-state index contributed by atoms with van der Waals surface area (Å²) in [6.07, 6.45) is 1.05. The fourth-order valence-electron chi connectivity index (χ4n) is 2.71. The lowest BCUT2D eigenvalue weighted by molar-refractivity contribution is -0.136. The highest BCUT2D eigenvalue weighted by atomic mass is 16.5. The van der Waals surface area contributed by atoms with E-state index in [-0.39, 0.29) is 24.7 Å². The Bertz CT molecular complexity index is 467. The zero-order chi connectivity index (χ0) is 12.0. The van der Waals surface area contributed by atoms with Crippen LogP contribution in [-0.2, 0) is 16.0 Å². The van der Waals surface area contributed by atoms with Crippen LogP contribution in [0.4, 0.5) is 0 Å².